The van der Waals surface area contributed by atoms with Gasteiger partial charge in [-0.15, -0.1) is 28.1 Å². The molecular formula is C24H25ClN4O5S2. The summed E-state index contributed by atoms with van der Waals surface area (Å²) in [7, 11) is 0. The van der Waals surface area contributed by atoms with Crippen molar-refractivity contribution >= 4 is 57.5 Å². The Morgan fingerprint density at radius 3 is 2.53 bits per heavy atom. The first-order chi connectivity index (χ1) is 17.3. The topological polar surface area (TPSA) is 112 Å². The maximum Gasteiger partial charge on any atom is 0.348 e. The molecule has 1 N–H and O–H groups in total. The molecule has 2 aromatic heterocycles. The molecule has 0 radical (unpaired) electrons. The summed E-state index contributed by atoms with van der Waals surface area (Å²) in [5.74, 6) is -1.05. The van der Waals surface area contributed by atoms with Crippen molar-refractivity contribution in [2.75, 3.05) is 24.3 Å². The van der Waals surface area contributed by atoms with Crippen LogP contribution in [0.2, 0.25) is 5.02 Å². The minimum Gasteiger partial charge on any atom is -0.462 e. The molecule has 36 heavy (non-hydrogen) atoms. The van der Waals surface area contributed by atoms with E-state index in [1.165, 1.54) is 11.8 Å². The van der Waals surface area contributed by atoms with Gasteiger partial charge in [0, 0.05) is 12.1 Å². The number of amides is 1. The van der Waals surface area contributed by atoms with Gasteiger partial charge >= 0.3 is 11.9 Å². The van der Waals surface area contributed by atoms with Crippen LogP contribution < -0.4 is 5.32 Å². The maximum absolute atomic E-state index is 12.8. The summed E-state index contributed by atoms with van der Waals surface area (Å²) in [5, 5.41) is 12.5. The molecule has 0 saturated carbocycles. The zero-order chi connectivity index (χ0) is 26.2. The fourth-order valence-corrected chi connectivity index (χ4v) is 5.34. The van der Waals surface area contributed by atoms with Gasteiger partial charge in [0.05, 0.1) is 29.6 Å². The van der Waals surface area contributed by atoms with E-state index < -0.39 is 17.8 Å². The van der Waals surface area contributed by atoms with E-state index >= 15 is 0 Å². The Balaban J connectivity index is 1.81. The Bertz CT molecular complexity index is 1290. The van der Waals surface area contributed by atoms with Crippen LogP contribution in [0, 0.1) is 6.92 Å². The molecule has 3 rings (SSSR count). The lowest BCUT2D eigenvalue weighted by Crippen LogP contribution is -2.17. The summed E-state index contributed by atoms with van der Waals surface area (Å²) in [6.45, 7) is 9.52. The second-order valence-corrected chi connectivity index (χ2v) is 9.59. The number of esters is 2. The van der Waals surface area contributed by atoms with Crippen LogP contribution in [0.1, 0.15) is 39.4 Å². The number of thioether (sulfide) groups is 1. The molecule has 0 aliphatic heterocycles. The smallest absolute Gasteiger partial charge is 0.348 e. The first-order valence-electron chi connectivity index (χ1n) is 11.0. The van der Waals surface area contributed by atoms with Gasteiger partial charge in [-0.1, -0.05) is 41.6 Å². The van der Waals surface area contributed by atoms with Gasteiger partial charge in [0.1, 0.15) is 9.88 Å². The third-order valence-electron chi connectivity index (χ3n) is 4.82. The summed E-state index contributed by atoms with van der Waals surface area (Å²) < 4.78 is 12.0. The standard InChI is InChI=1S/C24H25ClN4O5S2/c1-5-12-29-20(15-10-8-9-11-16(15)25)27-28-24(29)35-13-17(30)26-21-18(22(31)33-6-2)14(4)19(36-21)23(32)34-7-3/h5,8-11H,1,6-7,12-13H2,2-4H3,(H,26,30). The van der Waals surface area contributed by atoms with Crippen molar-refractivity contribution < 1.29 is 23.9 Å². The monoisotopic (exact) mass is 548 g/mol. The normalized spacial score (nSPS) is 10.7. The van der Waals surface area contributed by atoms with E-state index in [1.54, 1.807) is 32.9 Å². The van der Waals surface area contributed by atoms with Crippen molar-refractivity contribution in [1.29, 1.82) is 0 Å². The first-order valence-corrected chi connectivity index (χ1v) is 13.2. The van der Waals surface area contributed by atoms with Crippen molar-refractivity contribution in [3.05, 3.63) is 57.9 Å². The maximum atomic E-state index is 12.8. The van der Waals surface area contributed by atoms with Gasteiger partial charge in [0.15, 0.2) is 11.0 Å². The minimum absolute atomic E-state index is 0.0221. The van der Waals surface area contributed by atoms with E-state index in [4.69, 9.17) is 21.1 Å². The third-order valence-corrected chi connectivity index (χ3v) is 7.30. The van der Waals surface area contributed by atoms with Crippen molar-refractivity contribution in [1.82, 2.24) is 14.8 Å². The number of carbonyl (C=O) groups is 3. The van der Waals surface area contributed by atoms with Crippen LogP contribution in [0.3, 0.4) is 0 Å². The zero-order valence-electron chi connectivity index (χ0n) is 20.0. The fourth-order valence-electron chi connectivity index (χ4n) is 3.27. The molecule has 2 heterocycles. The van der Waals surface area contributed by atoms with Gasteiger partial charge in [-0.05, 0) is 38.5 Å². The number of thiophene rings is 1. The molecule has 12 heteroatoms. The van der Waals surface area contributed by atoms with E-state index in [0.29, 0.717) is 33.7 Å². The van der Waals surface area contributed by atoms with Crippen LogP contribution >= 0.6 is 34.7 Å². The number of benzene rings is 1. The van der Waals surface area contributed by atoms with Crippen LogP contribution in [0.15, 0.2) is 42.1 Å². The molecule has 3 aromatic rings. The SMILES string of the molecule is C=CCn1c(SCC(=O)Nc2sc(C(=O)OCC)c(C)c2C(=O)OCC)nnc1-c1ccccc1Cl. The molecule has 0 fully saturated rings. The van der Waals surface area contributed by atoms with Crippen LogP contribution in [-0.4, -0.2) is 51.6 Å². The van der Waals surface area contributed by atoms with Crippen molar-refractivity contribution in [3.63, 3.8) is 0 Å². The number of anilines is 1. The minimum atomic E-state index is -0.625. The Morgan fingerprint density at radius 1 is 1.17 bits per heavy atom. The Morgan fingerprint density at radius 2 is 1.86 bits per heavy atom. The number of allylic oxidation sites excluding steroid dienone is 1. The van der Waals surface area contributed by atoms with Crippen LogP contribution in [0.4, 0.5) is 5.00 Å². The summed E-state index contributed by atoms with van der Waals surface area (Å²) in [6.07, 6.45) is 1.70. The molecule has 0 bridgehead atoms. The number of rotatable bonds is 11. The number of hydrogen-bond acceptors (Lipinski definition) is 9. The highest BCUT2D eigenvalue weighted by molar-refractivity contribution is 7.99. The van der Waals surface area contributed by atoms with Crippen molar-refractivity contribution in [2.24, 2.45) is 0 Å². The Hall–Kier alpha value is -3.15. The predicted octanol–water partition coefficient (Wildman–Crippen LogP) is 5.24. The van der Waals surface area contributed by atoms with Gasteiger partial charge in [0.25, 0.3) is 0 Å². The van der Waals surface area contributed by atoms with Crippen molar-refractivity contribution in [2.45, 2.75) is 32.5 Å². The molecule has 1 aromatic carbocycles. The highest BCUT2D eigenvalue weighted by Gasteiger charge is 2.27. The first kappa shape index (κ1) is 27.4. The zero-order valence-corrected chi connectivity index (χ0v) is 22.4. The number of nitrogens with zero attached hydrogens (tertiary/aromatic N) is 3. The van der Waals surface area contributed by atoms with Gasteiger partial charge in [-0.3, -0.25) is 9.36 Å². The van der Waals surface area contributed by atoms with Crippen LogP contribution in [0.25, 0.3) is 11.4 Å². The molecule has 0 spiro atoms. The lowest BCUT2D eigenvalue weighted by atomic mass is 10.1. The number of ether oxygens (including phenoxy) is 2. The van der Waals surface area contributed by atoms with E-state index in [1.807, 2.05) is 22.8 Å². The second kappa shape index (κ2) is 12.7. The number of carbonyl (C=O) groups excluding carboxylic acids is 3. The van der Waals surface area contributed by atoms with Gasteiger partial charge < -0.3 is 14.8 Å². The highest BCUT2D eigenvalue weighted by atomic mass is 35.5. The average molecular weight is 549 g/mol. The lowest BCUT2D eigenvalue weighted by Gasteiger charge is -2.09. The predicted molar refractivity (Wildman–Crippen MR) is 141 cm³/mol. The highest BCUT2D eigenvalue weighted by Crippen LogP contribution is 2.35. The van der Waals surface area contributed by atoms with E-state index in [-0.39, 0.29) is 34.4 Å². The van der Waals surface area contributed by atoms with E-state index in [9.17, 15) is 14.4 Å². The van der Waals surface area contributed by atoms with Crippen molar-refractivity contribution in [3.8, 4) is 11.4 Å². The van der Waals surface area contributed by atoms with Gasteiger partial charge in [-0.2, -0.15) is 0 Å². The molecular weight excluding hydrogens is 524 g/mol. The largest absolute Gasteiger partial charge is 0.462 e. The van der Waals surface area contributed by atoms with Crippen LogP contribution in [0.5, 0.6) is 0 Å². The molecule has 0 atom stereocenters. The molecule has 190 valence electrons. The number of hydrogen-bond donors (Lipinski definition) is 1. The molecule has 0 unspecified atom stereocenters. The van der Waals surface area contributed by atoms with Gasteiger partial charge in [-0.25, -0.2) is 9.59 Å². The van der Waals surface area contributed by atoms with Crippen LogP contribution in [-0.2, 0) is 20.8 Å². The molecule has 0 aliphatic carbocycles. The molecule has 1 amide bonds. The fraction of sp³-hybridized carbons (Fsp3) is 0.292. The Labute approximate surface area is 221 Å². The quantitative estimate of drug-likeness (QED) is 0.197. The molecule has 9 nitrogen and oxygen atoms in total. The summed E-state index contributed by atoms with van der Waals surface area (Å²) in [6, 6.07) is 7.27. The third kappa shape index (κ3) is 6.15. The Kier molecular flexibility index (Phi) is 9.68. The average Bonchev–Trinajstić information content (AvgIpc) is 3.39. The summed E-state index contributed by atoms with van der Waals surface area (Å²) >= 11 is 8.47. The molecule has 0 saturated heterocycles. The van der Waals surface area contributed by atoms with E-state index in [2.05, 4.69) is 22.1 Å². The summed E-state index contributed by atoms with van der Waals surface area (Å²) in [4.78, 5) is 38.0. The van der Waals surface area contributed by atoms with E-state index in [0.717, 1.165) is 11.3 Å². The second-order valence-electron chi connectivity index (χ2n) is 7.22. The lowest BCUT2D eigenvalue weighted by molar-refractivity contribution is -0.113. The van der Waals surface area contributed by atoms with Gasteiger partial charge in [0.2, 0.25) is 5.91 Å². The number of nitrogens with one attached hydrogen (secondary N) is 1. The number of aromatic nitrogens is 3. The number of halogens is 1. The summed E-state index contributed by atoms with van der Waals surface area (Å²) in [5.41, 5.74) is 1.25. The molecule has 0 aliphatic rings.